The third kappa shape index (κ3) is 2.89. The van der Waals surface area contributed by atoms with Crippen molar-refractivity contribution in [1.29, 1.82) is 0 Å². The van der Waals surface area contributed by atoms with Crippen molar-refractivity contribution < 1.29 is 0 Å². The summed E-state index contributed by atoms with van der Waals surface area (Å²) < 4.78 is 0. The standard InChI is InChI=1S/C13H25N3/c1-13(2)7-9-16(10-8-13)12(14)15-11-5-3-4-6-11/h11H,3-10H2,1-2H3,(H2,14,15). The molecule has 0 spiro atoms. The average molecular weight is 223 g/mol. The maximum atomic E-state index is 6.09. The Hall–Kier alpha value is -0.730. The molecule has 1 saturated carbocycles. The fraction of sp³-hybridized carbons (Fsp3) is 0.923. The number of rotatable bonds is 1. The van der Waals surface area contributed by atoms with E-state index in [9.17, 15) is 0 Å². The van der Waals surface area contributed by atoms with Crippen LogP contribution < -0.4 is 5.73 Å². The molecule has 2 rings (SSSR count). The molecule has 3 heteroatoms. The normalized spacial score (nSPS) is 27.4. The van der Waals surface area contributed by atoms with Gasteiger partial charge in [-0.25, -0.2) is 4.99 Å². The number of aliphatic imine (C=N–C) groups is 1. The van der Waals surface area contributed by atoms with E-state index < -0.39 is 0 Å². The third-order valence-electron chi connectivity index (χ3n) is 4.08. The Morgan fingerprint density at radius 1 is 1.19 bits per heavy atom. The molecular formula is C13H25N3. The van der Waals surface area contributed by atoms with Crippen LogP contribution in [0.2, 0.25) is 0 Å². The Bertz CT molecular complexity index is 254. The summed E-state index contributed by atoms with van der Waals surface area (Å²) in [5, 5.41) is 0. The van der Waals surface area contributed by atoms with E-state index in [1.165, 1.54) is 38.5 Å². The largest absolute Gasteiger partial charge is 0.370 e. The fourth-order valence-corrected chi connectivity index (χ4v) is 2.64. The van der Waals surface area contributed by atoms with Crippen LogP contribution in [0.15, 0.2) is 4.99 Å². The Morgan fingerprint density at radius 2 is 1.75 bits per heavy atom. The molecule has 0 unspecified atom stereocenters. The van der Waals surface area contributed by atoms with E-state index in [1.54, 1.807) is 0 Å². The van der Waals surface area contributed by atoms with Crippen LogP contribution in [0.25, 0.3) is 0 Å². The second-order valence-electron chi connectivity index (χ2n) is 6.08. The lowest BCUT2D eigenvalue weighted by Gasteiger charge is -2.37. The van der Waals surface area contributed by atoms with Crippen LogP contribution in [0, 0.1) is 5.41 Å². The highest BCUT2D eigenvalue weighted by molar-refractivity contribution is 5.78. The van der Waals surface area contributed by atoms with Crippen molar-refractivity contribution in [2.75, 3.05) is 13.1 Å². The fourth-order valence-electron chi connectivity index (χ4n) is 2.64. The Labute approximate surface area is 99.1 Å². The van der Waals surface area contributed by atoms with Gasteiger partial charge in [-0.15, -0.1) is 0 Å². The summed E-state index contributed by atoms with van der Waals surface area (Å²) in [5.74, 6) is 0.794. The first-order chi connectivity index (χ1) is 7.57. The molecule has 16 heavy (non-hydrogen) atoms. The molecular weight excluding hydrogens is 198 g/mol. The molecule has 1 aliphatic carbocycles. The number of hydrogen-bond donors (Lipinski definition) is 1. The third-order valence-corrected chi connectivity index (χ3v) is 4.08. The number of hydrogen-bond acceptors (Lipinski definition) is 1. The summed E-state index contributed by atoms with van der Waals surface area (Å²) in [4.78, 5) is 6.94. The topological polar surface area (TPSA) is 41.6 Å². The zero-order valence-corrected chi connectivity index (χ0v) is 10.7. The van der Waals surface area contributed by atoms with Crippen LogP contribution in [-0.2, 0) is 0 Å². The molecule has 0 atom stereocenters. The van der Waals surface area contributed by atoms with Crippen molar-refractivity contribution in [1.82, 2.24) is 4.90 Å². The molecule has 0 amide bonds. The Morgan fingerprint density at radius 3 is 2.31 bits per heavy atom. The highest BCUT2D eigenvalue weighted by Crippen LogP contribution is 2.29. The van der Waals surface area contributed by atoms with E-state index in [4.69, 9.17) is 5.73 Å². The number of nitrogens with zero attached hydrogens (tertiary/aromatic N) is 2. The quantitative estimate of drug-likeness (QED) is 0.548. The van der Waals surface area contributed by atoms with E-state index >= 15 is 0 Å². The maximum absolute atomic E-state index is 6.09. The van der Waals surface area contributed by atoms with Crippen molar-refractivity contribution in [3.8, 4) is 0 Å². The minimum absolute atomic E-state index is 0.490. The lowest BCUT2D eigenvalue weighted by Crippen LogP contribution is -2.45. The van der Waals surface area contributed by atoms with Gasteiger partial charge < -0.3 is 10.6 Å². The molecule has 92 valence electrons. The van der Waals surface area contributed by atoms with Crippen molar-refractivity contribution in [2.24, 2.45) is 16.1 Å². The number of likely N-dealkylation sites (tertiary alicyclic amines) is 1. The van der Waals surface area contributed by atoms with E-state index in [0.29, 0.717) is 11.5 Å². The summed E-state index contributed by atoms with van der Waals surface area (Å²) >= 11 is 0. The van der Waals surface area contributed by atoms with Crippen molar-refractivity contribution in [3.05, 3.63) is 0 Å². The Kier molecular flexibility index (Phi) is 3.41. The maximum Gasteiger partial charge on any atom is 0.191 e. The molecule has 2 aliphatic rings. The van der Waals surface area contributed by atoms with Gasteiger partial charge in [-0.2, -0.15) is 0 Å². The molecule has 0 aromatic heterocycles. The lowest BCUT2D eigenvalue weighted by molar-refractivity contribution is 0.187. The minimum atomic E-state index is 0.490. The second kappa shape index (κ2) is 4.64. The zero-order valence-electron chi connectivity index (χ0n) is 10.7. The van der Waals surface area contributed by atoms with Gasteiger partial charge in [0.2, 0.25) is 0 Å². The van der Waals surface area contributed by atoms with Gasteiger partial charge in [0.1, 0.15) is 0 Å². The molecule has 0 bridgehead atoms. The van der Waals surface area contributed by atoms with Gasteiger partial charge in [0.05, 0.1) is 6.04 Å². The van der Waals surface area contributed by atoms with Gasteiger partial charge in [-0.3, -0.25) is 0 Å². The van der Waals surface area contributed by atoms with Crippen LogP contribution in [-0.4, -0.2) is 30.0 Å². The number of nitrogens with two attached hydrogens (primary N) is 1. The monoisotopic (exact) mass is 223 g/mol. The summed E-state index contributed by atoms with van der Waals surface area (Å²) in [6.45, 7) is 6.84. The highest BCUT2D eigenvalue weighted by Gasteiger charge is 2.26. The molecule has 2 N–H and O–H groups in total. The second-order valence-corrected chi connectivity index (χ2v) is 6.08. The first-order valence-corrected chi connectivity index (χ1v) is 6.65. The van der Waals surface area contributed by atoms with Gasteiger partial charge in [-0.1, -0.05) is 26.7 Å². The summed E-state index contributed by atoms with van der Waals surface area (Å²) in [7, 11) is 0. The van der Waals surface area contributed by atoms with E-state index in [0.717, 1.165) is 19.0 Å². The molecule has 0 aromatic carbocycles. The van der Waals surface area contributed by atoms with Crippen LogP contribution in [0.5, 0.6) is 0 Å². The molecule has 2 fully saturated rings. The summed E-state index contributed by atoms with van der Waals surface area (Å²) in [6, 6.07) is 0.509. The summed E-state index contributed by atoms with van der Waals surface area (Å²) in [5.41, 5.74) is 6.58. The van der Waals surface area contributed by atoms with Crippen LogP contribution in [0.4, 0.5) is 0 Å². The molecule has 3 nitrogen and oxygen atoms in total. The lowest BCUT2D eigenvalue weighted by atomic mass is 9.83. The van der Waals surface area contributed by atoms with Gasteiger partial charge in [0.15, 0.2) is 5.96 Å². The van der Waals surface area contributed by atoms with Crippen molar-refractivity contribution in [2.45, 2.75) is 58.4 Å². The predicted molar refractivity (Wildman–Crippen MR) is 68.5 cm³/mol. The predicted octanol–water partition coefficient (Wildman–Crippen LogP) is 2.37. The van der Waals surface area contributed by atoms with Gasteiger partial charge in [0.25, 0.3) is 0 Å². The van der Waals surface area contributed by atoms with Crippen LogP contribution in [0.3, 0.4) is 0 Å². The minimum Gasteiger partial charge on any atom is -0.370 e. The first-order valence-electron chi connectivity index (χ1n) is 6.65. The van der Waals surface area contributed by atoms with Gasteiger partial charge >= 0.3 is 0 Å². The molecule has 1 saturated heterocycles. The molecule has 0 aromatic rings. The first kappa shape index (κ1) is 11.7. The molecule has 0 radical (unpaired) electrons. The van der Waals surface area contributed by atoms with Crippen molar-refractivity contribution in [3.63, 3.8) is 0 Å². The number of guanidine groups is 1. The van der Waals surface area contributed by atoms with Crippen LogP contribution >= 0.6 is 0 Å². The van der Waals surface area contributed by atoms with Crippen LogP contribution in [0.1, 0.15) is 52.4 Å². The van der Waals surface area contributed by atoms with E-state index in [2.05, 4.69) is 23.7 Å². The average Bonchev–Trinajstić information content (AvgIpc) is 2.70. The smallest absolute Gasteiger partial charge is 0.191 e. The van der Waals surface area contributed by atoms with Crippen molar-refractivity contribution >= 4 is 5.96 Å². The van der Waals surface area contributed by atoms with E-state index in [1.807, 2.05) is 0 Å². The van der Waals surface area contributed by atoms with Gasteiger partial charge in [-0.05, 0) is 31.1 Å². The number of piperidine rings is 1. The Balaban J connectivity index is 1.88. The highest BCUT2D eigenvalue weighted by atomic mass is 15.3. The zero-order chi connectivity index (χ0) is 11.6. The SMILES string of the molecule is CC1(C)CCN(C(N)=NC2CCCC2)CC1. The summed E-state index contributed by atoms with van der Waals surface area (Å²) in [6.07, 6.45) is 7.59. The van der Waals surface area contributed by atoms with E-state index in [-0.39, 0.29) is 0 Å². The van der Waals surface area contributed by atoms with Gasteiger partial charge in [0, 0.05) is 13.1 Å². The molecule has 1 heterocycles. The molecule has 1 aliphatic heterocycles.